The van der Waals surface area contributed by atoms with E-state index in [1.807, 2.05) is 0 Å². The molecule has 12 heteroatoms. The molecule has 0 saturated heterocycles. The van der Waals surface area contributed by atoms with Crippen molar-refractivity contribution in [3.63, 3.8) is 0 Å². The first-order chi connectivity index (χ1) is 12.6. The molecule has 0 bridgehead atoms. The van der Waals surface area contributed by atoms with Gasteiger partial charge in [0.1, 0.15) is 5.69 Å². The summed E-state index contributed by atoms with van der Waals surface area (Å²) in [6.07, 6.45) is -3.20. The summed E-state index contributed by atoms with van der Waals surface area (Å²) in [7, 11) is 1.24. The monoisotopic (exact) mass is 400 g/mol. The maximum atomic E-state index is 12.7. The van der Waals surface area contributed by atoms with Crippen LogP contribution in [0, 0.1) is 6.92 Å². The number of carbonyl (C=O) groups is 1. The van der Waals surface area contributed by atoms with Crippen molar-refractivity contribution in [1.82, 2.24) is 30.2 Å². The predicted molar refractivity (Wildman–Crippen MR) is 86.7 cm³/mol. The lowest BCUT2D eigenvalue weighted by atomic mass is 10.2. The summed E-state index contributed by atoms with van der Waals surface area (Å²) in [6.45, 7) is 1.61. The Hall–Kier alpha value is -2.95. The molecule has 3 aromatic heterocycles. The molecule has 0 aromatic carbocycles. The van der Waals surface area contributed by atoms with Crippen LogP contribution in [0.15, 0.2) is 22.9 Å². The Labute approximate surface area is 155 Å². The van der Waals surface area contributed by atoms with Gasteiger partial charge in [-0.3, -0.25) is 14.5 Å². The van der Waals surface area contributed by atoms with E-state index in [2.05, 4.69) is 25.5 Å². The smallest absolute Gasteiger partial charge is 0.343 e. The molecule has 1 amide bonds. The second-order valence-corrected chi connectivity index (χ2v) is 5.95. The number of aryl methyl sites for hydroxylation is 2. The third kappa shape index (κ3) is 4.08. The van der Waals surface area contributed by atoms with Crippen LogP contribution >= 0.6 is 11.6 Å². The van der Waals surface area contributed by atoms with Crippen LogP contribution in [0.1, 0.15) is 27.7 Å². The number of pyridine rings is 1. The van der Waals surface area contributed by atoms with Crippen molar-refractivity contribution in [2.24, 2.45) is 7.05 Å². The summed E-state index contributed by atoms with van der Waals surface area (Å²) < 4.78 is 43.9. The fourth-order valence-electron chi connectivity index (χ4n) is 2.21. The molecule has 1 N–H and O–H groups in total. The molecule has 3 rings (SSSR count). The van der Waals surface area contributed by atoms with E-state index in [0.717, 1.165) is 4.68 Å². The molecule has 27 heavy (non-hydrogen) atoms. The van der Waals surface area contributed by atoms with Crippen molar-refractivity contribution in [2.45, 2.75) is 19.6 Å². The maximum Gasteiger partial charge on any atom is 0.435 e. The quantitative estimate of drug-likeness (QED) is 0.723. The van der Waals surface area contributed by atoms with Crippen molar-refractivity contribution in [3.05, 3.63) is 46.3 Å². The van der Waals surface area contributed by atoms with Gasteiger partial charge in [-0.1, -0.05) is 16.8 Å². The number of halogens is 4. The van der Waals surface area contributed by atoms with E-state index in [1.54, 1.807) is 13.0 Å². The number of nitrogens with one attached hydrogen (secondary N) is 1. The Kier molecular flexibility index (Phi) is 4.87. The number of nitrogens with zero attached hydrogens (tertiary/aromatic N) is 5. The van der Waals surface area contributed by atoms with Crippen molar-refractivity contribution in [1.29, 1.82) is 0 Å². The van der Waals surface area contributed by atoms with Gasteiger partial charge in [0.25, 0.3) is 11.8 Å². The number of hydrogen-bond acceptors (Lipinski definition) is 6. The van der Waals surface area contributed by atoms with Gasteiger partial charge in [0.2, 0.25) is 0 Å². The molecule has 0 saturated carbocycles. The molecule has 0 radical (unpaired) electrons. The zero-order valence-electron chi connectivity index (χ0n) is 14.0. The highest BCUT2D eigenvalue weighted by atomic mass is 35.5. The van der Waals surface area contributed by atoms with Gasteiger partial charge < -0.3 is 9.84 Å². The van der Waals surface area contributed by atoms with Crippen molar-refractivity contribution < 1.29 is 22.5 Å². The number of carbonyl (C=O) groups excluding carboxylic acids is 1. The number of alkyl halides is 3. The number of amides is 1. The van der Waals surface area contributed by atoms with E-state index < -0.39 is 17.8 Å². The molecule has 8 nitrogen and oxygen atoms in total. The Bertz CT molecular complexity index is 998. The maximum absolute atomic E-state index is 12.7. The minimum absolute atomic E-state index is 0.127. The molecule has 0 aliphatic carbocycles. The fourth-order valence-corrected chi connectivity index (χ4v) is 2.39. The van der Waals surface area contributed by atoms with Crippen LogP contribution in [0.2, 0.25) is 5.02 Å². The number of hydrogen-bond donors (Lipinski definition) is 1. The zero-order valence-corrected chi connectivity index (χ0v) is 14.8. The van der Waals surface area contributed by atoms with E-state index in [9.17, 15) is 18.0 Å². The van der Waals surface area contributed by atoms with Crippen molar-refractivity contribution >= 4 is 17.5 Å². The standard InChI is InChI=1S/C15H12ClF3N6O2/c1-7-3-8(9(16)5-20-7)14-22-12(24-27-14)6-21-13(26)10-4-11(15(17,18)19)23-25(10)2/h3-5H,6H2,1-2H3,(H,21,26). The SMILES string of the molecule is Cc1cc(-c2nc(CNC(=O)c3cc(C(F)(F)F)nn3C)no2)c(Cl)cn1. The van der Waals surface area contributed by atoms with Gasteiger partial charge in [-0.05, 0) is 13.0 Å². The molecule has 142 valence electrons. The second-order valence-electron chi connectivity index (χ2n) is 5.54. The van der Waals surface area contributed by atoms with Crippen LogP contribution in [0.5, 0.6) is 0 Å². The fraction of sp³-hybridized carbons (Fsp3) is 0.267. The highest BCUT2D eigenvalue weighted by Gasteiger charge is 2.35. The molecular weight excluding hydrogens is 389 g/mol. The third-order valence-corrected chi connectivity index (χ3v) is 3.80. The minimum Gasteiger partial charge on any atom is -0.343 e. The van der Waals surface area contributed by atoms with Gasteiger partial charge in [-0.2, -0.15) is 23.3 Å². The molecule has 0 atom stereocenters. The van der Waals surface area contributed by atoms with Gasteiger partial charge in [0.05, 0.1) is 17.1 Å². The predicted octanol–water partition coefficient (Wildman–Crippen LogP) is 2.78. The van der Waals surface area contributed by atoms with Crippen LogP contribution < -0.4 is 5.32 Å². The van der Waals surface area contributed by atoms with Crippen LogP contribution in [-0.2, 0) is 19.8 Å². The number of rotatable bonds is 4. The van der Waals surface area contributed by atoms with Crippen LogP contribution in [-0.4, -0.2) is 30.8 Å². The molecule has 0 aliphatic rings. The summed E-state index contributed by atoms with van der Waals surface area (Å²) in [6, 6.07) is 2.32. The summed E-state index contributed by atoms with van der Waals surface area (Å²) in [5, 5.41) is 9.72. The highest BCUT2D eigenvalue weighted by Crippen LogP contribution is 2.28. The Morgan fingerprint density at radius 2 is 2.11 bits per heavy atom. The lowest BCUT2D eigenvalue weighted by Gasteiger charge is -2.02. The van der Waals surface area contributed by atoms with Crippen LogP contribution in [0.25, 0.3) is 11.5 Å². The third-order valence-electron chi connectivity index (χ3n) is 3.50. The lowest BCUT2D eigenvalue weighted by Crippen LogP contribution is -2.25. The molecule has 0 spiro atoms. The van der Waals surface area contributed by atoms with Gasteiger partial charge in [0.15, 0.2) is 11.5 Å². The highest BCUT2D eigenvalue weighted by molar-refractivity contribution is 6.33. The van der Waals surface area contributed by atoms with Crippen LogP contribution in [0.3, 0.4) is 0 Å². The molecule has 0 aliphatic heterocycles. The topological polar surface area (TPSA) is 98.7 Å². The lowest BCUT2D eigenvalue weighted by molar-refractivity contribution is -0.141. The average Bonchev–Trinajstić information content (AvgIpc) is 3.21. The van der Waals surface area contributed by atoms with Crippen molar-refractivity contribution in [3.8, 4) is 11.5 Å². The van der Waals surface area contributed by atoms with Gasteiger partial charge in [-0.25, -0.2) is 0 Å². The number of aromatic nitrogens is 5. The van der Waals surface area contributed by atoms with Crippen LogP contribution in [0.4, 0.5) is 13.2 Å². The first-order valence-corrected chi connectivity index (χ1v) is 7.87. The van der Waals surface area contributed by atoms with Gasteiger partial charge >= 0.3 is 6.18 Å². The Morgan fingerprint density at radius 3 is 2.78 bits per heavy atom. The first-order valence-electron chi connectivity index (χ1n) is 7.49. The average molecular weight is 401 g/mol. The summed E-state index contributed by atoms with van der Waals surface area (Å²) in [4.78, 5) is 20.2. The normalized spacial score (nSPS) is 11.6. The minimum atomic E-state index is -4.64. The van der Waals surface area contributed by atoms with E-state index in [-0.39, 0.29) is 24.0 Å². The summed E-state index contributed by atoms with van der Waals surface area (Å²) in [5.74, 6) is -0.499. The Morgan fingerprint density at radius 1 is 1.37 bits per heavy atom. The zero-order chi connectivity index (χ0) is 19.8. The molecule has 3 heterocycles. The molecule has 3 aromatic rings. The van der Waals surface area contributed by atoms with E-state index in [0.29, 0.717) is 22.3 Å². The van der Waals surface area contributed by atoms with E-state index >= 15 is 0 Å². The molecule has 0 unspecified atom stereocenters. The van der Waals surface area contributed by atoms with E-state index in [1.165, 1.54) is 13.2 Å². The molecule has 0 fully saturated rings. The van der Waals surface area contributed by atoms with Gasteiger partial charge in [-0.15, -0.1) is 0 Å². The first kappa shape index (κ1) is 18.8. The summed E-state index contributed by atoms with van der Waals surface area (Å²) in [5.41, 5.74) is -0.228. The van der Waals surface area contributed by atoms with E-state index in [4.69, 9.17) is 16.1 Å². The Balaban J connectivity index is 1.71. The molecular formula is C15H12ClF3N6O2. The van der Waals surface area contributed by atoms with Crippen molar-refractivity contribution in [2.75, 3.05) is 0 Å². The summed E-state index contributed by atoms with van der Waals surface area (Å²) >= 11 is 6.04. The largest absolute Gasteiger partial charge is 0.435 e. The van der Waals surface area contributed by atoms with Gasteiger partial charge in [0, 0.05) is 25.0 Å². The second kappa shape index (κ2) is 6.99.